The molecule has 166 valence electrons. The lowest BCUT2D eigenvalue weighted by Gasteiger charge is -2.23. The lowest BCUT2D eigenvalue weighted by Crippen LogP contribution is -2.12. The molecule has 0 spiro atoms. The van der Waals surface area contributed by atoms with E-state index < -0.39 is 0 Å². The molecule has 2 N–H and O–H groups in total. The summed E-state index contributed by atoms with van der Waals surface area (Å²) in [6.07, 6.45) is 7.55. The zero-order valence-electron chi connectivity index (χ0n) is 18.9. The van der Waals surface area contributed by atoms with Crippen LogP contribution < -0.4 is 5.32 Å². The van der Waals surface area contributed by atoms with Crippen molar-refractivity contribution in [1.29, 1.82) is 5.41 Å². The minimum absolute atomic E-state index is 0.0919. The average Bonchev–Trinajstić information content (AvgIpc) is 3.23. The van der Waals surface area contributed by atoms with Crippen molar-refractivity contribution in [1.82, 2.24) is 4.98 Å². The van der Waals surface area contributed by atoms with Crippen LogP contribution in [0.4, 0.5) is 10.8 Å². The highest BCUT2D eigenvalue weighted by molar-refractivity contribution is 7.16. The van der Waals surface area contributed by atoms with Gasteiger partial charge in [0.1, 0.15) is 11.5 Å². The SMILES string of the molecule is CCC(=O)C(=N)c1ccc(Cc2cc(C3CCCCC3)cc(Nc3ccc(C)s3)n2)cc1. The van der Waals surface area contributed by atoms with Crippen molar-refractivity contribution in [3.05, 3.63) is 75.8 Å². The van der Waals surface area contributed by atoms with Crippen LogP contribution in [-0.4, -0.2) is 16.5 Å². The van der Waals surface area contributed by atoms with Gasteiger partial charge in [-0.15, -0.1) is 11.3 Å². The van der Waals surface area contributed by atoms with E-state index in [0.717, 1.165) is 28.5 Å². The summed E-state index contributed by atoms with van der Waals surface area (Å²) in [4.78, 5) is 18.0. The minimum atomic E-state index is -0.126. The zero-order chi connectivity index (χ0) is 22.5. The van der Waals surface area contributed by atoms with Gasteiger partial charge in [0.25, 0.3) is 0 Å². The van der Waals surface area contributed by atoms with E-state index >= 15 is 0 Å². The van der Waals surface area contributed by atoms with Gasteiger partial charge >= 0.3 is 0 Å². The van der Waals surface area contributed by atoms with Crippen molar-refractivity contribution in [2.75, 3.05) is 5.32 Å². The molecule has 0 amide bonds. The molecule has 2 heterocycles. The second-order valence-electron chi connectivity index (χ2n) is 8.67. The fourth-order valence-electron chi connectivity index (χ4n) is 4.40. The van der Waals surface area contributed by atoms with Crippen LogP contribution >= 0.6 is 11.3 Å². The van der Waals surface area contributed by atoms with Gasteiger partial charge in [0.15, 0.2) is 5.78 Å². The molecule has 2 aromatic heterocycles. The number of aromatic nitrogens is 1. The van der Waals surface area contributed by atoms with Gasteiger partial charge in [0.2, 0.25) is 0 Å². The molecule has 4 rings (SSSR count). The van der Waals surface area contributed by atoms with Crippen LogP contribution in [0.5, 0.6) is 0 Å². The fraction of sp³-hybridized carbons (Fsp3) is 0.370. The summed E-state index contributed by atoms with van der Waals surface area (Å²) >= 11 is 1.74. The standard InChI is InChI=1S/C27H31N3OS/c1-3-24(31)27(28)21-12-10-19(11-13-21)15-23-16-22(20-7-5-4-6-8-20)17-25(29-23)30-26-14-9-18(2)32-26/h9-14,16-17,20,28H,3-8,15H2,1-2H3,(H,29,30). The maximum atomic E-state index is 11.8. The van der Waals surface area contributed by atoms with Crippen molar-refractivity contribution in [2.45, 2.75) is 64.7 Å². The highest BCUT2D eigenvalue weighted by atomic mass is 32.1. The van der Waals surface area contributed by atoms with Gasteiger partial charge in [-0.2, -0.15) is 0 Å². The van der Waals surface area contributed by atoms with E-state index in [1.54, 1.807) is 18.3 Å². The molecule has 1 aliphatic carbocycles. The van der Waals surface area contributed by atoms with E-state index in [1.165, 1.54) is 42.5 Å². The van der Waals surface area contributed by atoms with Crippen molar-refractivity contribution in [3.63, 3.8) is 0 Å². The quantitative estimate of drug-likeness (QED) is 0.361. The number of nitrogens with one attached hydrogen (secondary N) is 2. The number of Topliss-reactive ketones (excluding diaryl/α,β-unsaturated/α-hetero) is 1. The Morgan fingerprint density at radius 1 is 1.09 bits per heavy atom. The Hall–Kier alpha value is -2.79. The first kappa shape index (κ1) is 22.4. The number of carbonyl (C=O) groups is 1. The van der Waals surface area contributed by atoms with Crippen LogP contribution in [0.1, 0.15) is 78.6 Å². The summed E-state index contributed by atoms with van der Waals surface area (Å²) in [6, 6.07) is 16.5. The molecule has 0 atom stereocenters. The van der Waals surface area contributed by atoms with E-state index in [9.17, 15) is 4.79 Å². The molecule has 0 saturated heterocycles. The molecule has 0 aliphatic heterocycles. The molecule has 0 unspecified atom stereocenters. The molecule has 1 aliphatic rings. The van der Waals surface area contributed by atoms with Gasteiger partial charge in [-0.1, -0.05) is 50.5 Å². The maximum absolute atomic E-state index is 11.8. The molecular formula is C27H31N3OS. The third-order valence-corrected chi connectivity index (χ3v) is 7.11. The van der Waals surface area contributed by atoms with Crippen molar-refractivity contribution >= 4 is 33.7 Å². The lowest BCUT2D eigenvalue weighted by molar-refractivity contribution is -0.112. The third-order valence-electron chi connectivity index (χ3n) is 6.20. The van der Waals surface area contributed by atoms with Crippen LogP contribution in [-0.2, 0) is 11.2 Å². The predicted octanol–water partition coefficient (Wildman–Crippen LogP) is 7.18. The average molecular weight is 446 g/mol. The first-order valence-corrected chi connectivity index (χ1v) is 12.4. The third kappa shape index (κ3) is 5.52. The molecule has 0 radical (unpaired) electrons. The van der Waals surface area contributed by atoms with E-state index in [0.29, 0.717) is 17.9 Å². The topological polar surface area (TPSA) is 65.8 Å². The molecular weight excluding hydrogens is 414 g/mol. The molecule has 1 aromatic carbocycles. The monoisotopic (exact) mass is 445 g/mol. The molecule has 1 fully saturated rings. The van der Waals surface area contributed by atoms with Gasteiger partial charge < -0.3 is 5.32 Å². The number of benzene rings is 1. The number of thiophene rings is 1. The number of aryl methyl sites for hydroxylation is 1. The number of pyridine rings is 1. The van der Waals surface area contributed by atoms with Gasteiger partial charge in [-0.25, -0.2) is 4.98 Å². The Morgan fingerprint density at radius 2 is 1.84 bits per heavy atom. The van der Waals surface area contributed by atoms with E-state index in [1.807, 2.05) is 24.3 Å². The normalized spacial score (nSPS) is 14.3. The summed E-state index contributed by atoms with van der Waals surface area (Å²) in [5.74, 6) is 1.40. The van der Waals surface area contributed by atoms with E-state index in [2.05, 4.69) is 36.5 Å². The maximum Gasteiger partial charge on any atom is 0.180 e. The van der Waals surface area contributed by atoms with E-state index in [-0.39, 0.29) is 11.5 Å². The summed E-state index contributed by atoms with van der Waals surface area (Å²) in [7, 11) is 0. The number of carbonyl (C=O) groups excluding carboxylic acids is 1. The summed E-state index contributed by atoms with van der Waals surface area (Å²) in [5, 5.41) is 12.7. The van der Waals surface area contributed by atoms with Crippen molar-refractivity contribution in [2.24, 2.45) is 0 Å². The van der Waals surface area contributed by atoms with Crippen LogP contribution in [0.3, 0.4) is 0 Å². The smallest absolute Gasteiger partial charge is 0.180 e. The predicted molar refractivity (Wildman–Crippen MR) is 134 cm³/mol. The number of anilines is 2. The summed E-state index contributed by atoms with van der Waals surface area (Å²) in [5.41, 5.74) is 4.35. The molecule has 0 bridgehead atoms. The van der Waals surface area contributed by atoms with E-state index in [4.69, 9.17) is 10.4 Å². The number of hydrogen-bond donors (Lipinski definition) is 2. The molecule has 1 saturated carbocycles. The van der Waals surface area contributed by atoms with Crippen LogP contribution in [0.15, 0.2) is 48.5 Å². The number of rotatable bonds is 8. The summed E-state index contributed by atoms with van der Waals surface area (Å²) in [6.45, 7) is 3.91. The number of hydrogen-bond acceptors (Lipinski definition) is 5. The lowest BCUT2D eigenvalue weighted by atomic mass is 9.84. The molecule has 5 heteroatoms. The van der Waals surface area contributed by atoms with Crippen molar-refractivity contribution in [3.8, 4) is 0 Å². The Labute approximate surface area is 194 Å². The molecule has 4 nitrogen and oxygen atoms in total. The second kappa shape index (κ2) is 10.2. The van der Waals surface area contributed by atoms with Gasteiger partial charge in [-0.3, -0.25) is 10.2 Å². The molecule has 3 aromatic rings. The molecule has 32 heavy (non-hydrogen) atoms. The minimum Gasteiger partial charge on any atom is -0.332 e. The second-order valence-corrected chi connectivity index (χ2v) is 9.96. The van der Waals surface area contributed by atoms with Crippen LogP contribution in [0.25, 0.3) is 0 Å². The highest BCUT2D eigenvalue weighted by Gasteiger charge is 2.18. The number of ketones is 1. The first-order valence-electron chi connectivity index (χ1n) is 11.6. The Balaban J connectivity index is 1.58. The van der Waals surface area contributed by atoms with Crippen molar-refractivity contribution < 1.29 is 4.79 Å². The zero-order valence-corrected chi connectivity index (χ0v) is 19.7. The summed E-state index contributed by atoms with van der Waals surface area (Å²) < 4.78 is 0. The van der Waals surface area contributed by atoms with Crippen LogP contribution in [0, 0.1) is 12.3 Å². The highest BCUT2D eigenvalue weighted by Crippen LogP contribution is 2.35. The number of nitrogens with zero attached hydrogens (tertiary/aromatic N) is 1. The first-order chi connectivity index (χ1) is 15.5. The fourth-order valence-corrected chi connectivity index (χ4v) is 5.18. The van der Waals surface area contributed by atoms with Gasteiger partial charge in [-0.05, 0) is 61.1 Å². The van der Waals surface area contributed by atoms with Gasteiger partial charge in [0.05, 0.1) is 5.00 Å². The Morgan fingerprint density at radius 3 is 2.50 bits per heavy atom. The largest absolute Gasteiger partial charge is 0.332 e. The Kier molecular flexibility index (Phi) is 7.15. The van der Waals surface area contributed by atoms with Gasteiger partial charge in [0, 0.05) is 29.0 Å². The Bertz CT molecular complexity index is 1090. The van der Waals surface area contributed by atoms with Crippen LogP contribution in [0.2, 0.25) is 0 Å².